The van der Waals surface area contributed by atoms with Crippen molar-refractivity contribution in [3.63, 3.8) is 0 Å². The summed E-state index contributed by atoms with van der Waals surface area (Å²) in [6, 6.07) is 0. The van der Waals surface area contributed by atoms with Gasteiger partial charge in [-0.1, -0.05) is 6.92 Å². The molecule has 0 unspecified atom stereocenters. The van der Waals surface area contributed by atoms with Gasteiger partial charge in [-0.15, -0.1) is 0 Å². The summed E-state index contributed by atoms with van der Waals surface area (Å²) in [5, 5.41) is 7.72. The van der Waals surface area contributed by atoms with E-state index in [1.807, 2.05) is 0 Å². The van der Waals surface area contributed by atoms with Gasteiger partial charge >= 0.3 is 71.5 Å². The van der Waals surface area contributed by atoms with E-state index in [0.717, 1.165) is 4.03 Å². The molecule has 0 saturated heterocycles. The molecule has 0 aliphatic heterocycles. The van der Waals surface area contributed by atoms with Gasteiger partial charge in [0.2, 0.25) is 0 Å². The molecule has 1 N–H and O–H groups in total. The molecule has 0 radical (unpaired) electrons. The van der Waals surface area contributed by atoms with Gasteiger partial charge in [-0.2, -0.15) is 0 Å². The summed E-state index contributed by atoms with van der Waals surface area (Å²) in [5.74, 6) is -0.745. The molecule has 3 heteroatoms. The molecule has 0 spiro atoms. The zero-order valence-corrected chi connectivity index (χ0v) is 11.1. The molecule has 0 saturated carbocycles. The van der Waals surface area contributed by atoms with Crippen LogP contribution in [0.4, 0.5) is 0 Å². The minimum absolute atomic E-state index is 0.0972. The summed E-state index contributed by atoms with van der Waals surface area (Å²) in [5.41, 5.74) is 0. The maximum absolute atomic E-state index is 9.37. The van der Waals surface area contributed by atoms with Crippen LogP contribution in [-0.4, -0.2) is 44.9 Å². The Morgan fingerprint density at radius 1 is 1.25 bits per heavy atom. The molecular formula is C9H20CaO2. The number of carboxylic acid groups (broad SMARTS) is 1. The fraction of sp³-hybridized carbons (Fsp3) is 0.889. The Morgan fingerprint density at radius 3 is 1.50 bits per heavy atom. The standard InChI is InChI=1S/C3H6O2.2C3H7.Ca/c1-2-3(4)5;2*1-3-2;/h2H2,1H3,(H,4,5);2*3H,1-2H3;. The van der Waals surface area contributed by atoms with Gasteiger partial charge in [-0.05, 0) is 0 Å². The van der Waals surface area contributed by atoms with Crippen LogP contribution in [0.25, 0.3) is 0 Å². The Hall–Kier alpha value is 0.730. The molecule has 0 aromatic heterocycles. The Kier molecular flexibility index (Phi) is 12.4. The van der Waals surface area contributed by atoms with Crippen molar-refractivity contribution in [2.75, 3.05) is 0 Å². The fourth-order valence-corrected chi connectivity index (χ4v) is 3.89. The number of rotatable bonds is 3. The van der Waals surface area contributed by atoms with Crippen LogP contribution in [0.5, 0.6) is 0 Å². The quantitative estimate of drug-likeness (QED) is 0.711. The van der Waals surface area contributed by atoms with Crippen molar-refractivity contribution in [1.29, 1.82) is 0 Å². The summed E-state index contributed by atoms with van der Waals surface area (Å²) in [6.07, 6.45) is 0.222. The van der Waals surface area contributed by atoms with E-state index in [9.17, 15) is 4.79 Å². The summed E-state index contributed by atoms with van der Waals surface area (Å²) in [7, 11) is 0. The monoisotopic (exact) mass is 200 g/mol. The second kappa shape index (κ2) is 9.81. The first-order valence-corrected chi connectivity index (χ1v) is 7.16. The van der Waals surface area contributed by atoms with Crippen molar-refractivity contribution >= 4 is 39.8 Å². The van der Waals surface area contributed by atoms with E-state index in [0.29, 0.717) is 0 Å². The van der Waals surface area contributed by atoms with Crippen molar-refractivity contribution in [1.82, 2.24) is 0 Å². The molecule has 0 bridgehead atoms. The van der Waals surface area contributed by atoms with E-state index < -0.39 is 5.97 Å². The SMILES string of the molecule is CCC(=O)O.C[CH](C)[Ca][CH](C)C. The van der Waals surface area contributed by atoms with Gasteiger partial charge in [0.05, 0.1) is 0 Å². The summed E-state index contributed by atoms with van der Waals surface area (Å²) >= 11 is -0.0972. The third-order valence-corrected chi connectivity index (χ3v) is 4.19. The number of hydrogen-bond acceptors (Lipinski definition) is 1. The average molecular weight is 200 g/mol. The van der Waals surface area contributed by atoms with E-state index >= 15 is 0 Å². The van der Waals surface area contributed by atoms with Crippen LogP contribution < -0.4 is 0 Å². The normalized spacial score (nSPS) is 8.92. The van der Waals surface area contributed by atoms with Crippen LogP contribution in [0.3, 0.4) is 0 Å². The molecule has 0 aromatic rings. The van der Waals surface area contributed by atoms with E-state index in [4.69, 9.17) is 5.11 Å². The van der Waals surface area contributed by atoms with Gasteiger partial charge < -0.3 is 5.11 Å². The molecular weight excluding hydrogens is 180 g/mol. The van der Waals surface area contributed by atoms with E-state index in [1.54, 1.807) is 6.92 Å². The van der Waals surface area contributed by atoms with Crippen molar-refractivity contribution in [2.24, 2.45) is 0 Å². The third kappa shape index (κ3) is 22.4. The van der Waals surface area contributed by atoms with Crippen LogP contribution in [0, 0.1) is 0 Å². The Balaban J connectivity index is 0. The summed E-state index contributed by atoms with van der Waals surface area (Å²) in [4.78, 5) is 9.37. The molecule has 70 valence electrons. The van der Waals surface area contributed by atoms with E-state index in [1.165, 1.54) is 0 Å². The first-order chi connectivity index (χ1) is 5.40. The average Bonchev–Trinajstić information content (AvgIpc) is 1.85. The van der Waals surface area contributed by atoms with Crippen molar-refractivity contribution in [2.45, 2.75) is 45.1 Å². The van der Waals surface area contributed by atoms with Crippen molar-refractivity contribution in [3.8, 4) is 0 Å². The molecule has 0 amide bonds. The molecule has 0 atom stereocenters. The number of hydrogen-bond donors (Lipinski definition) is 1. The zero-order chi connectivity index (χ0) is 10.1. The zero-order valence-electron chi connectivity index (χ0n) is 8.92. The van der Waals surface area contributed by atoms with Gasteiger partial charge in [0.25, 0.3) is 0 Å². The van der Waals surface area contributed by atoms with Crippen LogP contribution in [0.2, 0.25) is 4.03 Å². The summed E-state index contributed by atoms with van der Waals surface area (Å²) < 4.78 is 2.12. The van der Waals surface area contributed by atoms with Crippen molar-refractivity contribution < 1.29 is 9.90 Å². The second-order valence-corrected chi connectivity index (χ2v) is 9.61. The van der Waals surface area contributed by atoms with Crippen LogP contribution in [0.1, 0.15) is 41.0 Å². The van der Waals surface area contributed by atoms with Crippen LogP contribution in [-0.2, 0) is 4.79 Å². The topological polar surface area (TPSA) is 37.3 Å². The van der Waals surface area contributed by atoms with E-state index in [2.05, 4.69) is 27.7 Å². The minimum atomic E-state index is -0.745. The summed E-state index contributed by atoms with van der Waals surface area (Å²) in [6.45, 7) is 11.0. The fourth-order valence-electron chi connectivity index (χ4n) is 0.943. The maximum atomic E-state index is 9.37. The molecule has 0 rings (SSSR count). The van der Waals surface area contributed by atoms with Gasteiger partial charge in [0.1, 0.15) is 0 Å². The second-order valence-electron chi connectivity index (χ2n) is 3.77. The van der Waals surface area contributed by atoms with Gasteiger partial charge in [-0.25, -0.2) is 0 Å². The third-order valence-electron chi connectivity index (χ3n) is 1.25. The van der Waals surface area contributed by atoms with Crippen LogP contribution in [0.15, 0.2) is 0 Å². The number of carboxylic acids is 1. The Morgan fingerprint density at radius 2 is 1.50 bits per heavy atom. The molecule has 0 fully saturated rings. The van der Waals surface area contributed by atoms with Crippen molar-refractivity contribution in [3.05, 3.63) is 0 Å². The van der Waals surface area contributed by atoms with Crippen LogP contribution >= 0.6 is 0 Å². The van der Waals surface area contributed by atoms with Gasteiger partial charge in [-0.3, -0.25) is 4.79 Å². The molecule has 0 aromatic carbocycles. The molecule has 2 nitrogen and oxygen atoms in total. The van der Waals surface area contributed by atoms with E-state index in [-0.39, 0.29) is 40.3 Å². The molecule has 12 heavy (non-hydrogen) atoms. The predicted octanol–water partition coefficient (Wildman–Crippen LogP) is 2.83. The number of aliphatic carboxylic acids is 1. The predicted molar refractivity (Wildman–Crippen MR) is 53.9 cm³/mol. The van der Waals surface area contributed by atoms with Gasteiger partial charge in [0.15, 0.2) is 0 Å². The Labute approximate surface area is 94.0 Å². The molecule has 0 heterocycles. The molecule has 0 aliphatic rings. The molecule has 0 aliphatic carbocycles. The first-order valence-electron chi connectivity index (χ1n) is 4.61. The Bertz CT molecular complexity index is 105. The van der Waals surface area contributed by atoms with Gasteiger partial charge in [0, 0.05) is 6.42 Å². The first kappa shape index (κ1) is 15.2. The number of carbonyl (C=O) groups is 1.